The van der Waals surface area contributed by atoms with Crippen LogP contribution in [0.15, 0.2) is 24.3 Å². The van der Waals surface area contributed by atoms with Crippen LogP contribution in [0.4, 0.5) is 5.69 Å². The largest absolute Gasteiger partial charge is 0.497 e. The Morgan fingerprint density at radius 3 is 2.75 bits per heavy atom. The van der Waals surface area contributed by atoms with E-state index in [1.807, 2.05) is 24.3 Å². The third-order valence-corrected chi connectivity index (χ3v) is 4.53. The first-order valence-corrected chi connectivity index (χ1v) is 7.12. The summed E-state index contributed by atoms with van der Waals surface area (Å²) >= 11 is 0. The molecular weight excluding hydrogens is 254 g/mol. The van der Waals surface area contributed by atoms with E-state index in [4.69, 9.17) is 4.74 Å². The van der Waals surface area contributed by atoms with Crippen LogP contribution in [0.25, 0.3) is 0 Å². The molecule has 4 nitrogen and oxygen atoms in total. The zero-order chi connectivity index (χ0) is 14.8. The molecule has 0 radical (unpaired) electrons. The summed E-state index contributed by atoms with van der Waals surface area (Å²) in [5.74, 6) is 0.944. The zero-order valence-corrected chi connectivity index (χ0v) is 12.3. The number of carboxylic acid groups (broad SMARTS) is 1. The molecule has 0 heterocycles. The Morgan fingerprint density at radius 1 is 1.40 bits per heavy atom. The van der Waals surface area contributed by atoms with Gasteiger partial charge in [-0.25, -0.2) is 4.79 Å². The average molecular weight is 277 g/mol. The van der Waals surface area contributed by atoms with Crippen LogP contribution in [0.3, 0.4) is 0 Å². The summed E-state index contributed by atoms with van der Waals surface area (Å²) in [5, 5.41) is 12.9. The fraction of sp³-hybridized carbons (Fsp3) is 0.562. The summed E-state index contributed by atoms with van der Waals surface area (Å²) in [5.41, 5.74) is -0.0633. The highest BCUT2D eigenvalue weighted by Crippen LogP contribution is 2.39. The Labute approximate surface area is 120 Å². The average Bonchev–Trinajstić information content (AvgIpc) is 2.43. The molecule has 2 rings (SSSR count). The number of carbonyl (C=O) groups is 1. The van der Waals surface area contributed by atoms with Crippen LogP contribution in [-0.4, -0.2) is 23.7 Å². The second-order valence-corrected chi connectivity index (χ2v) is 5.94. The van der Waals surface area contributed by atoms with E-state index in [9.17, 15) is 9.90 Å². The Hall–Kier alpha value is -1.71. The fourth-order valence-electron chi connectivity index (χ4n) is 2.95. The number of aliphatic carboxylic acids is 1. The first-order valence-electron chi connectivity index (χ1n) is 7.12. The van der Waals surface area contributed by atoms with Gasteiger partial charge in [0.05, 0.1) is 7.11 Å². The van der Waals surface area contributed by atoms with E-state index in [2.05, 4.69) is 19.2 Å². The smallest absolute Gasteiger partial charge is 0.329 e. The van der Waals surface area contributed by atoms with Gasteiger partial charge in [0.2, 0.25) is 0 Å². The number of carboxylic acids is 1. The maximum absolute atomic E-state index is 11.8. The zero-order valence-electron chi connectivity index (χ0n) is 12.3. The molecule has 110 valence electrons. The van der Waals surface area contributed by atoms with Crippen LogP contribution in [-0.2, 0) is 4.79 Å². The third kappa shape index (κ3) is 2.89. The van der Waals surface area contributed by atoms with Gasteiger partial charge in [-0.3, -0.25) is 0 Å². The summed E-state index contributed by atoms with van der Waals surface area (Å²) < 4.78 is 5.19. The summed E-state index contributed by atoms with van der Waals surface area (Å²) in [4.78, 5) is 11.8. The number of ether oxygens (including phenoxy) is 1. The van der Waals surface area contributed by atoms with Crippen molar-refractivity contribution in [2.24, 2.45) is 11.8 Å². The quantitative estimate of drug-likeness (QED) is 0.885. The van der Waals surface area contributed by atoms with E-state index in [-0.39, 0.29) is 0 Å². The first-order chi connectivity index (χ1) is 9.47. The number of benzene rings is 1. The van der Waals surface area contributed by atoms with Crippen molar-refractivity contribution in [1.29, 1.82) is 0 Å². The van der Waals surface area contributed by atoms with E-state index in [0.29, 0.717) is 24.7 Å². The molecule has 1 aliphatic carbocycles. The number of nitrogens with one attached hydrogen (secondary N) is 1. The summed E-state index contributed by atoms with van der Waals surface area (Å²) in [6.45, 7) is 4.33. The normalized spacial score (nSPS) is 29.8. The monoisotopic (exact) mass is 277 g/mol. The maximum Gasteiger partial charge on any atom is 0.329 e. The molecule has 0 aromatic heterocycles. The van der Waals surface area contributed by atoms with Crippen molar-refractivity contribution in [2.45, 2.75) is 38.6 Å². The predicted molar refractivity (Wildman–Crippen MR) is 79.2 cm³/mol. The van der Waals surface area contributed by atoms with Crippen LogP contribution in [0.2, 0.25) is 0 Å². The molecular formula is C16H23NO3. The number of anilines is 1. The first kappa shape index (κ1) is 14.7. The lowest BCUT2D eigenvalue weighted by atomic mass is 9.71. The molecule has 20 heavy (non-hydrogen) atoms. The molecule has 1 aromatic carbocycles. The summed E-state index contributed by atoms with van der Waals surface area (Å²) in [6, 6.07) is 7.44. The van der Waals surface area contributed by atoms with Crippen LogP contribution < -0.4 is 10.1 Å². The van der Waals surface area contributed by atoms with Crippen molar-refractivity contribution < 1.29 is 14.6 Å². The number of hydrogen-bond acceptors (Lipinski definition) is 3. The van der Waals surface area contributed by atoms with Gasteiger partial charge in [-0.2, -0.15) is 0 Å². The van der Waals surface area contributed by atoms with Gasteiger partial charge in [-0.05, 0) is 43.2 Å². The standard InChI is InChI=1S/C16H23NO3/c1-11-7-8-16(15(18)19,10-12(11)2)17-13-5-4-6-14(9-13)20-3/h4-6,9,11-12,17H,7-8,10H2,1-3H3,(H,18,19). The molecule has 0 aliphatic heterocycles. The lowest BCUT2D eigenvalue weighted by molar-refractivity contribution is -0.144. The summed E-state index contributed by atoms with van der Waals surface area (Å²) in [7, 11) is 1.61. The minimum absolute atomic E-state index is 0.401. The van der Waals surface area contributed by atoms with Crippen LogP contribution >= 0.6 is 0 Å². The molecule has 1 saturated carbocycles. The molecule has 3 unspecified atom stereocenters. The SMILES string of the molecule is COc1cccc(NC2(C(=O)O)CCC(C)C(C)C2)c1. The number of rotatable bonds is 4. The van der Waals surface area contributed by atoms with E-state index in [0.717, 1.165) is 17.9 Å². The maximum atomic E-state index is 11.8. The molecule has 0 bridgehead atoms. The minimum Gasteiger partial charge on any atom is -0.497 e. The molecule has 0 saturated heterocycles. The lowest BCUT2D eigenvalue weighted by Crippen LogP contribution is -2.51. The highest BCUT2D eigenvalue weighted by Gasteiger charge is 2.44. The molecule has 4 heteroatoms. The molecule has 1 aromatic rings. The Balaban J connectivity index is 2.23. The second kappa shape index (κ2) is 5.73. The van der Waals surface area contributed by atoms with E-state index >= 15 is 0 Å². The van der Waals surface area contributed by atoms with Crippen molar-refractivity contribution in [2.75, 3.05) is 12.4 Å². The topological polar surface area (TPSA) is 58.6 Å². The van der Waals surface area contributed by atoms with Crippen molar-refractivity contribution in [3.8, 4) is 5.75 Å². The van der Waals surface area contributed by atoms with Gasteiger partial charge in [0, 0.05) is 11.8 Å². The summed E-state index contributed by atoms with van der Waals surface area (Å²) in [6.07, 6.45) is 2.25. The van der Waals surface area contributed by atoms with Crippen molar-refractivity contribution in [3.63, 3.8) is 0 Å². The molecule has 2 N–H and O–H groups in total. The van der Waals surface area contributed by atoms with Gasteiger partial charge < -0.3 is 15.2 Å². The molecule has 0 amide bonds. The van der Waals surface area contributed by atoms with Gasteiger partial charge in [0.1, 0.15) is 11.3 Å². The minimum atomic E-state index is -0.863. The molecule has 3 atom stereocenters. The van der Waals surface area contributed by atoms with Gasteiger partial charge in [-0.15, -0.1) is 0 Å². The highest BCUT2D eigenvalue weighted by atomic mass is 16.5. The van der Waals surface area contributed by atoms with E-state index in [1.165, 1.54) is 0 Å². The molecule has 0 spiro atoms. The van der Waals surface area contributed by atoms with Crippen molar-refractivity contribution >= 4 is 11.7 Å². The lowest BCUT2D eigenvalue weighted by Gasteiger charge is -2.40. The van der Waals surface area contributed by atoms with Crippen LogP contribution in [0.1, 0.15) is 33.1 Å². The highest BCUT2D eigenvalue weighted by molar-refractivity contribution is 5.83. The molecule has 1 fully saturated rings. The predicted octanol–water partition coefficient (Wildman–Crippen LogP) is 3.39. The van der Waals surface area contributed by atoms with Crippen molar-refractivity contribution in [3.05, 3.63) is 24.3 Å². The van der Waals surface area contributed by atoms with Crippen LogP contribution in [0, 0.1) is 11.8 Å². The second-order valence-electron chi connectivity index (χ2n) is 5.94. The van der Waals surface area contributed by atoms with E-state index < -0.39 is 11.5 Å². The Morgan fingerprint density at radius 2 is 2.15 bits per heavy atom. The van der Waals surface area contributed by atoms with Crippen LogP contribution in [0.5, 0.6) is 5.75 Å². The van der Waals surface area contributed by atoms with E-state index in [1.54, 1.807) is 7.11 Å². The molecule has 1 aliphatic rings. The van der Waals surface area contributed by atoms with Gasteiger partial charge >= 0.3 is 5.97 Å². The fourth-order valence-corrected chi connectivity index (χ4v) is 2.95. The van der Waals surface area contributed by atoms with Gasteiger partial charge in [-0.1, -0.05) is 19.9 Å². The number of methoxy groups -OCH3 is 1. The number of hydrogen-bond donors (Lipinski definition) is 2. The van der Waals surface area contributed by atoms with Gasteiger partial charge in [0.25, 0.3) is 0 Å². The Kier molecular flexibility index (Phi) is 4.21. The van der Waals surface area contributed by atoms with Gasteiger partial charge in [0.15, 0.2) is 0 Å². The Bertz CT molecular complexity index is 488. The third-order valence-electron chi connectivity index (χ3n) is 4.53. The van der Waals surface area contributed by atoms with Crippen molar-refractivity contribution in [1.82, 2.24) is 0 Å².